The van der Waals surface area contributed by atoms with Gasteiger partial charge in [-0.1, -0.05) is 0 Å². The van der Waals surface area contributed by atoms with Crippen molar-refractivity contribution in [3.05, 3.63) is 18.2 Å². The van der Waals surface area contributed by atoms with Gasteiger partial charge in [-0.2, -0.15) is 0 Å². The molecule has 0 bridgehead atoms. The lowest BCUT2D eigenvalue weighted by atomic mass is 10.0. The van der Waals surface area contributed by atoms with Crippen molar-refractivity contribution >= 4 is 31.2 Å². The molecule has 1 aliphatic heterocycles. The highest BCUT2D eigenvalue weighted by Gasteiger charge is 2.38. The molecule has 0 radical (unpaired) electrons. The van der Waals surface area contributed by atoms with Gasteiger partial charge in [0.1, 0.15) is 0 Å². The molecule has 0 spiro atoms. The lowest BCUT2D eigenvalue weighted by molar-refractivity contribution is 0.574. The van der Waals surface area contributed by atoms with Crippen LogP contribution in [0, 0.1) is 0 Å². The number of nitrogens with one attached hydrogen (secondary N) is 1. The molecule has 112 valence electrons. The number of anilines is 2. The number of benzene rings is 1. The van der Waals surface area contributed by atoms with Crippen LogP contribution < -0.4 is 16.2 Å². The molecule has 1 aromatic rings. The fraction of sp³-hybridized carbons (Fsp3) is 0.455. The van der Waals surface area contributed by atoms with Crippen LogP contribution in [0.5, 0.6) is 0 Å². The third-order valence-electron chi connectivity index (χ3n) is 3.29. The van der Waals surface area contributed by atoms with E-state index in [0.29, 0.717) is 12.1 Å². The quantitative estimate of drug-likeness (QED) is 0.667. The van der Waals surface area contributed by atoms with Gasteiger partial charge >= 0.3 is 0 Å². The predicted molar refractivity (Wildman–Crippen MR) is 77.5 cm³/mol. The zero-order valence-electron chi connectivity index (χ0n) is 11.0. The highest BCUT2D eigenvalue weighted by atomic mass is 32.2. The summed E-state index contributed by atoms with van der Waals surface area (Å²) >= 11 is 0. The van der Waals surface area contributed by atoms with E-state index in [9.17, 15) is 16.8 Å². The van der Waals surface area contributed by atoms with Crippen molar-refractivity contribution < 1.29 is 16.8 Å². The van der Waals surface area contributed by atoms with E-state index in [-0.39, 0.29) is 22.1 Å². The molecule has 1 heterocycles. The zero-order chi connectivity index (χ0) is 15.2. The fourth-order valence-corrected chi connectivity index (χ4v) is 4.91. The molecule has 20 heavy (non-hydrogen) atoms. The molecule has 1 unspecified atom stereocenters. The summed E-state index contributed by atoms with van der Waals surface area (Å²) < 4.78 is 45.5. The molecule has 0 amide bonds. The first-order valence-corrected chi connectivity index (χ1v) is 9.29. The Hall–Kier alpha value is -1.32. The van der Waals surface area contributed by atoms with Crippen molar-refractivity contribution in [1.82, 2.24) is 0 Å². The van der Waals surface area contributed by atoms with Gasteiger partial charge in [-0.15, -0.1) is 0 Å². The second-order valence-electron chi connectivity index (χ2n) is 5.32. The third-order valence-corrected chi connectivity index (χ3v) is 6.11. The van der Waals surface area contributed by atoms with Gasteiger partial charge in [-0.05, 0) is 31.5 Å². The SMILES string of the molecule is CC1(Nc2ccc(S(N)(=O)=O)cc2N)CCS(=O)(=O)C1. The van der Waals surface area contributed by atoms with Gasteiger partial charge in [0, 0.05) is 5.54 Å². The van der Waals surface area contributed by atoms with Crippen LogP contribution in [0.3, 0.4) is 0 Å². The summed E-state index contributed by atoms with van der Waals surface area (Å²) in [6.07, 6.45) is 0.478. The van der Waals surface area contributed by atoms with Crippen LogP contribution in [0.15, 0.2) is 23.1 Å². The van der Waals surface area contributed by atoms with Gasteiger partial charge in [0.2, 0.25) is 10.0 Å². The van der Waals surface area contributed by atoms with E-state index < -0.39 is 25.4 Å². The van der Waals surface area contributed by atoms with Crippen LogP contribution in [-0.2, 0) is 19.9 Å². The van der Waals surface area contributed by atoms with Crippen LogP contribution in [0.2, 0.25) is 0 Å². The molecule has 1 fully saturated rings. The molecular weight excluding hydrogens is 302 g/mol. The number of hydrogen-bond acceptors (Lipinski definition) is 6. The normalized spacial score (nSPS) is 25.5. The molecule has 7 nitrogen and oxygen atoms in total. The molecule has 0 aromatic heterocycles. The number of primary sulfonamides is 1. The summed E-state index contributed by atoms with van der Waals surface area (Å²) in [4.78, 5) is -0.0789. The summed E-state index contributed by atoms with van der Waals surface area (Å²) in [5.41, 5.74) is 5.90. The zero-order valence-corrected chi connectivity index (χ0v) is 12.6. The van der Waals surface area contributed by atoms with Gasteiger partial charge < -0.3 is 11.1 Å². The first-order valence-electron chi connectivity index (χ1n) is 5.92. The highest BCUT2D eigenvalue weighted by molar-refractivity contribution is 7.91. The Kier molecular flexibility index (Phi) is 3.47. The van der Waals surface area contributed by atoms with E-state index in [1.165, 1.54) is 18.2 Å². The van der Waals surface area contributed by atoms with E-state index in [1.54, 1.807) is 6.92 Å². The minimum Gasteiger partial charge on any atom is -0.397 e. The van der Waals surface area contributed by atoms with E-state index in [4.69, 9.17) is 10.9 Å². The summed E-state index contributed by atoms with van der Waals surface area (Å²) in [5.74, 6) is 0.155. The van der Waals surface area contributed by atoms with Crippen LogP contribution in [-0.4, -0.2) is 33.9 Å². The van der Waals surface area contributed by atoms with E-state index in [1.807, 2.05) is 0 Å². The van der Waals surface area contributed by atoms with Gasteiger partial charge in [0.05, 0.1) is 27.8 Å². The molecule has 5 N–H and O–H groups in total. The number of hydrogen-bond donors (Lipinski definition) is 3. The number of nitrogens with two attached hydrogens (primary N) is 2. The maximum atomic E-state index is 11.5. The maximum Gasteiger partial charge on any atom is 0.238 e. The minimum atomic E-state index is -3.81. The molecule has 9 heteroatoms. The molecule has 1 aliphatic rings. The first kappa shape index (κ1) is 15.1. The summed E-state index contributed by atoms with van der Waals surface area (Å²) in [6, 6.07) is 4.08. The second kappa shape index (κ2) is 4.61. The van der Waals surface area contributed by atoms with E-state index in [0.717, 1.165) is 0 Å². The lowest BCUT2D eigenvalue weighted by Gasteiger charge is -2.26. The Bertz CT molecular complexity index is 743. The van der Waals surface area contributed by atoms with Crippen molar-refractivity contribution in [2.45, 2.75) is 23.8 Å². The molecule has 1 saturated heterocycles. The van der Waals surface area contributed by atoms with E-state index >= 15 is 0 Å². The standard InChI is InChI=1S/C11H17N3O4S2/c1-11(4-5-19(15,16)7-11)14-10-3-2-8(6-9(10)12)20(13,17)18/h2-3,6,14H,4-5,7,12H2,1H3,(H2,13,17,18). The average Bonchev–Trinajstić information content (AvgIpc) is 2.54. The van der Waals surface area contributed by atoms with Gasteiger partial charge in [-0.3, -0.25) is 0 Å². The largest absolute Gasteiger partial charge is 0.397 e. The Balaban J connectivity index is 2.28. The number of rotatable bonds is 3. The van der Waals surface area contributed by atoms with Crippen molar-refractivity contribution in [3.8, 4) is 0 Å². The molecule has 0 aliphatic carbocycles. The second-order valence-corrected chi connectivity index (χ2v) is 9.07. The first-order chi connectivity index (χ1) is 9.01. The van der Waals surface area contributed by atoms with Crippen molar-refractivity contribution in [1.29, 1.82) is 0 Å². The van der Waals surface area contributed by atoms with Crippen molar-refractivity contribution in [3.63, 3.8) is 0 Å². The molecular formula is C11H17N3O4S2. The minimum absolute atomic E-state index is 0.0242. The Morgan fingerprint density at radius 2 is 2.00 bits per heavy atom. The van der Waals surface area contributed by atoms with Crippen LogP contribution in [0.1, 0.15) is 13.3 Å². The molecule has 2 rings (SSSR count). The summed E-state index contributed by atoms with van der Waals surface area (Å²) in [6.45, 7) is 1.80. The maximum absolute atomic E-state index is 11.5. The van der Waals surface area contributed by atoms with Crippen molar-refractivity contribution in [2.75, 3.05) is 22.6 Å². The average molecular weight is 319 g/mol. The monoisotopic (exact) mass is 319 g/mol. The fourth-order valence-electron chi connectivity index (χ4n) is 2.27. The lowest BCUT2D eigenvalue weighted by Crippen LogP contribution is -2.36. The van der Waals surface area contributed by atoms with Crippen LogP contribution >= 0.6 is 0 Å². The van der Waals surface area contributed by atoms with Crippen LogP contribution in [0.25, 0.3) is 0 Å². The number of sulfonamides is 1. The van der Waals surface area contributed by atoms with Gasteiger partial charge in [0.25, 0.3) is 0 Å². The molecule has 0 saturated carbocycles. The topological polar surface area (TPSA) is 132 Å². The van der Waals surface area contributed by atoms with Gasteiger partial charge in [0.15, 0.2) is 9.84 Å². The summed E-state index contributed by atoms with van der Waals surface area (Å²) in [5, 5.41) is 8.10. The smallest absolute Gasteiger partial charge is 0.238 e. The van der Waals surface area contributed by atoms with Gasteiger partial charge in [-0.25, -0.2) is 22.0 Å². The predicted octanol–water partition coefficient (Wildman–Crippen LogP) is -0.0947. The van der Waals surface area contributed by atoms with Crippen LogP contribution in [0.4, 0.5) is 11.4 Å². The van der Waals surface area contributed by atoms with Crippen molar-refractivity contribution in [2.24, 2.45) is 5.14 Å². The third kappa shape index (κ3) is 3.22. The Morgan fingerprint density at radius 1 is 1.35 bits per heavy atom. The molecule has 1 aromatic carbocycles. The summed E-state index contributed by atoms with van der Waals surface area (Å²) in [7, 11) is -6.84. The number of sulfone groups is 1. The Labute approximate surface area is 118 Å². The highest BCUT2D eigenvalue weighted by Crippen LogP contribution is 2.31. The number of nitrogen functional groups attached to an aromatic ring is 1. The van der Waals surface area contributed by atoms with E-state index in [2.05, 4.69) is 5.32 Å². The Morgan fingerprint density at radius 3 is 2.45 bits per heavy atom. The molecule has 1 atom stereocenters.